The van der Waals surface area contributed by atoms with E-state index in [1.807, 2.05) is 6.07 Å². The number of hydrogen-bond acceptors (Lipinski definition) is 7. The summed E-state index contributed by atoms with van der Waals surface area (Å²) in [6, 6.07) is 8.73. The SMILES string of the molecule is Oc1cc(-c2ncc3c(C4CCNCC4)nc(OCC45CCCN4CCC5)nc3c2F)c2c(Cl)cccc2c1. The van der Waals surface area contributed by atoms with Gasteiger partial charge in [0.15, 0.2) is 5.82 Å². The minimum atomic E-state index is -0.566. The number of phenols is 1. The second-order valence-electron chi connectivity index (χ2n) is 11.1. The highest BCUT2D eigenvalue weighted by atomic mass is 35.5. The molecule has 0 radical (unpaired) electrons. The molecule has 0 saturated carbocycles. The van der Waals surface area contributed by atoms with Crippen molar-refractivity contribution in [1.29, 1.82) is 0 Å². The van der Waals surface area contributed by atoms with E-state index in [1.165, 1.54) is 18.9 Å². The molecule has 0 amide bonds. The van der Waals surface area contributed by atoms with Crippen LogP contribution in [-0.2, 0) is 0 Å². The first-order valence-electron chi connectivity index (χ1n) is 13.9. The van der Waals surface area contributed by atoms with Crippen LogP contribution in [-0.4, -0.2) is 63.3 Å². The van der Waals surface area contributed by atoms with Crippen LogP contribution < -0.4 is 10.1 Å². The second kappa shape index (κ2) is 9.84. The Balaban J connectivity index is 1.36. The van der Waals surface area contributed by atoms with E-state index in [1.54, 1.807) is 24.4 Å². The van der Waals surface area contributed by atoms with Crippen molar-refractivity contribution in [3.63, 3.8) is 0 Å². The molecule has 0 unspecified atom stereocenters. The minimum absolute atomic E-state index is 0.0140. The topological polar surface area (TPSA) is 83.4 Å². The summed E-state index contributed by atoms with van der Waals surface area (Å²) >= 11 is 6.55. The van der Waals surface area contributed by atoms with Gasteiger partial charge in [0.2, 0.25) is 0 Å². The monoisotopic (exact) mass is 547 g/mol. The van der Waals surface area contributed by atoms with Crippen molar-refractivity contribution in [3.8, 4) is 23.0 Å². The van der Waals surface area contributed by atoms with E-state index in [4.69, 9.17) is 21.3 Å². The Morgan fingerprint density at radius 2 is 1.92 bits per heavy atom. The number of rotatable bonds is 5. The number of benzene rings is 2. The van der Waals surface area contributed by atoms with Gasteiger partial charge in [-0.15, -0.1) is 0 Å². The molecule has 3 fully saturated rings. The molecular formula is C30H31ClFN5O2. The highest BCUT2D eigenvalue weighted by molar-refractivity contribution is 6.36. The molecule has 0 atom stereocenters. The summed E-state index contributed by atoms with van der Waals surface area (Å²) < 4.78 is 22.8. The third kappa shape index (κ3) is 4.29. The zero-order chi connectivity index (χ0) is 26.6. The largest absolute Gasteiger partial charge is 0.508 e. The summed E-state index contributed by atoms with van der Waals surface area (Å²) in [5.74, 6) is -0.391. The summed E-state index contributed by atoms with van der Waals surface area (Å²) in [4.78, 5) is 16.6. The average molecular weight is 548 g/mol. The van der Waals surface area contributed by atoms with Gasteiger partial charge in [-0.25, -0.2) is 4.39 Å². The maximum atomic E-state index is 16.5. The highest BCUT2D eigenvalue weighted by Gasteiger charge is 2.45. The molecule has 2 aromatic carbocycles. The maximum absolute atomic E-state index is 16.5. The molecule has 3 aliphatic rings. The number of piperidine rings is 1. The molecule has 3 saturated heterocycles. The molecular weight excluding hydrogens is 517 g/mol. The van der Waals surface area contributed by atoms with Crippen LogP contribution in [0.25, 0.3) is 32.9 Å². The summed E-state index contributed by atoms with van der Waals surface area (Å²) in [6.45, 7) is 4.48. The summed E-state index contributed by atoms with van der Waals surface area (Å²) in [7, 11) is 0. The van der Waals surface area contributed by atoms with Crippen molar-refractivity contribution in [2.75, 3.05) is 32.8 Å². The van der Waals surface area contributed by atoms with Gasteiger partial charge in [0.1, 0.15) is 23.6 Å². The molecule has 7 rings (SSSR count). The van der Waals surface area contributed by atoms with Crippen LogP contribution in [0.3, 0.4) is 0 Å². The van der Waals surface area contributed by atoms with Gasteiger partial charge in [0.05, 0.1) is 11.2 Å². The van der Waals surface area contributed by atoms with Gasteiger partial charge >= 0.3 is 6.01 Å². The third-order valence-corrected chi connectivity index (χ3v) is 9.18. The van der Waals surface area contributed by atoms with E-state index >= 15 is 4.39 Å². The van der Waals surface area contributed by atoms with E-state index in [-0.39, 0.29) is 34.4 Å². The molecule has 7 nitrogen and oxygen atoms in total. The van der Waals surface area contributed by atoms with Crippen molar-refractivity contribution >= 4 is 33.3 Å². The minimum Gasteiger partial charge on any atom is -0.508 e. The van der Waals surface area contributed by atoms with Gasteiger partial charge in [0, 0.05) is 33.5 Å². The molecule has 9 heteroatoms. The normalized spacial score (nSPS) is 19.6. The standard InChI is InChI=1S/C30H31ClFN5O2/c31-23-5-1-4-19-14-20(38)15-21(24(19)23)27-25(32)28-22(16-34-27)26(18-6-10-33-11-7-18)35-29(36-28)39-17-30-8-2-12-37(30)13-3-9-30/h1,4-5,14-16,18,33,38H,2-3,6-13,17H2. The lowest BCUT2D eigenvalue weighted by Crippen LogP contribution is -2.43. The maximum Gasteiger partial charge on any atom is 0.317 e. The summed E-state index contributed by atoms with van der Waals surface area (Å²) in [5.41, 5.74) is 1.53. The quantitative estimate of drug-likeness (QED) is 0.326. The van der Waals surface area contributed by atoms with E-state index < -0.39 is 5.82 Å². The highest BCUT2D eigenvalue weighted by Crippen LogP contribution is 2.41. The van der Waals surface area contributed by atoms with Crippen molar-refractivity contribution in [1.82, 2.24) is 25.2 Å². The second-order valence-corrected chi connectivity index (χ2v) is 11.5. The number of ether oxygens (including phenoxy) is 1. The molecule has 39 heavy (non-hydrogen) atoms. The number of halogens is 2. The first-order valence-corrected chi connectivity index (χ1v) is 14.3. The number of nitrogens with zero attached hydrogens (tertiary/aromatic N) is 4. The molecule has 2 aromatic heterocycles. The van der Waals surface area contributed by atoms with Crippen molar-refractivity contribution in [2.24, 2.45) is 0 Å². The summed E-state index contributed by atoms with van der Waals surface area (Å²) in [5, 5.41) is 16.2. The van der Waals surface area contributed by atoms with Crippen molar-refractivity contribution < 1.29 is 14.2 Å². The molecule has 0 spiro atoms. The first kappa shape index (κ1) is 24.9. The third-order valence-electron chi connectivity index (χ3n) is 8.87. The van der Waals surface area contributed by atoms with Crippen LogP contribution in [0.4, 0.5) is 4.39 Å². The summed E-state index contributed by atoms with van der Waals surface area (Å²) in [6.07, 6.45) is 8.03. The van der Waals surface area contributed by atoms with Crippen LogP contribution >= 0.6 is 11.6 Å². The Hall–Kier alpha value is -3.07. The van der Waals surface area contributed by atoms with E-state index in [2.05, 4.69) is 20.2 Å². The van der Waals surface area contributed by atoms with E-state index in [0.717, 1.165) is 57.6 Å². The van der Waals surface area contributed by atoms with Crippen LogP contribution in [0.15, 0.2) is 36.5 Å². The lowest BCUT2D eigenvalue weighted by atomic mass is 9.92. The molecule has 0 aliphatic carbocycles. The van der Waals surface area contributed by atoms with Crippen molar-refractivity contribution in [3.05, 3.63) is 53.1 Å². The van der Waals surface area contributed by atoms with Gasteiger partial charge in [-0.05, 0) is 88.3 Å². The lowest BCUT2D eigenvalue weighted by Gasteiger charge is -2.31. The molecule has 4 aromatic rings. The Bertz CT molecular complexity index is 1560. The fraction of sp³-hybridized carbons (Fsp3) is 0.433. The molecule has 5 heterocycles. The number of phenolic OH excluding ortho intramolecular Hbond substituents is 1. The van der Waals surface area contributed by atoms with Crippen molar-refractivity contribution in [2.45, 2.75) is 50.0 Å². The number of pyridine rings is 1. The molecule has 3 aliphatic heterocycles. The number of aromatic nitrogens is 3. The van der Waals surface area contributed by atoms with Gasteiger partial charge < -0.3 is 15.2 Å². The zero-order valence-electron chi connectivity index (χ0n) is 21.7. The zero-order valence-corrected chi connectivity index (χ0v) is 22.5. The van der Waals surface area contributed by atoms with E-state index in [0.29, 0.717) is 33.4 Å². The fourth-order valence-corrected chi connectivity index (χ4v) is 7.21. The Morgan fingerprint density at radius 1 is 1.13 bits per heavy atom. The Morgan fingerprint density at radius 3 is 2.72 bits per heavy atom. The predicted octanol–water partition coefficient (Wildman–Crippen LogP) is 5.82. The Kier molecular flexibility index (Phi) is 6.29. The van der Waals surface area contributed by atoms with Crippen LogP contribution in [0.5, 0.6) is 11.8 Å². The first-order chi connectivity index (χ1) is 19.0. The smallest absolute Gasteiger partial charge is 0.317 e. The fourth-order valence-electron chi connectivity index (χ4n) is 6.93. The molecule has 2 N–H and O–H groups in total. The van der Waals surface area contributed by atoms with Gasteiger partial charge in [-0.2, -0.15) is 9.97 Å². The van der Waals surface area contributed by atoms with Crippen LogP contribution in [0.2, 0.25) is 5.02 Å². The van der Waals surface area contributed by atoms with Crippen LogP contribution in [0.1, 0.15) is 50.1 Å². The average Bonchev–Trinajstić information content (AvgIpc) is 3.53. The van der Waals surface area contributed by atoms with Gasteiger partial charge in [0.25, 0.3) is 0 Å². The number of fused-ring (bicyclic) bond motifs is 3. The predicted molar refractivity (Wildman–Crippen MR) is 150 cm³/mol. The lowest BCUT2D eigenvalue weighted by molar-refractivity contribution is 0.107. The number of nitrogens with one attached hydrogen (secondary N) is 1. The van der Waals surface area contributed by atoms with Crippen LogP contribution in [0, 0.1) is 5.82 Å². The number of aromatic hydroxyl groups is 1. The molecule has 202 valence electrons. The Labute approximate surface area is 231 Å². The molecule has 0 bridgehead atoms. The van der Waals surface area contributed by atoms with E-state index in [9.17, 15) is 5.11 Å². The van der Waals surface area contributed by atoms with Gasteiger partial charge in [-0.1, -0.05) is 23.7 Å². The number of hydrogen-bond donors (Lipinski definition) is 2. The van der Waals surface area contributed by atoms with Gasteiger partial charge in [-0.3, -0.25) is 9.88 Å².